The monoisotopic (exact) mass is 183 g/mol. The lowest BCUT2D eigenvalue weighted by molar-refractivity contribution is 0.296. The third-order valence-electron chi connectivity index (χ3n) is 2.44. The van der Waals surface area contributed by atoms with E-state index in [2.05, 4.69) is 23.2 Å². The van der Waals surface area contributed by atoms with Crippen LogP contribution < -0.4 is 10.6 Å². The summed E-state index contributed by atoms with van der Waals surface area (Å²) in [7, 11) is 0. The zero-order valence-corrected chi connectivity index (χ0v) is 7.60. The second kappa shape index (κ2) is 2.84. The van der Waals surface area contributed by atoms with Gasteiger partial charge in [0, 0.05) is 10.6 Å². The van der Waals surface area contributed by atoms with E-state index in [1.165, 1.54) is 10.8 Å². The van der Waals surface area contributed by atoms with Crippen molar-refractivity contribution in [2.75, 3.05) is 6.73 Å². The third kappa shape index (κ3) is 1.01. The van der Waals surface area contributed by atoms with Gasteiger partial charge in [0.15, 0.2) is 6.73 Å². The van der Waals surface area contributed by atoms with E-state index in [1.54, 1.807) is 6.26 Å². The zero-order valence-electron chi connectivity index (χ0n) is 7.60. The molecule has 14 heavy (non-hydrogen) atoms. The van der Waals surface area contributed by atoms with Crippen LogP contribution >= 0.6 is 0 Å². The fourth-order valence-corrected chi connectivity index (χ4v) is 1.77. The van der Waals surface area contributed by atoms with Crippen LogP contribution in [0, 0.1) is 0 Å². The molecule has 0 amide bonds. The van der Waals surface area contributed by atoms with Crippen molar-refractivity contribution in [3.63, 3.8) is 0 Å². The highest BCUT2D eigenvalue weighted by molar-refractivity contribution is 5.82. The summed E-state index contributed by atoms with van der Waals surface area (Å²) in [6.45, 7) is 0.432. The normalized spacial score (nSPS) is 13.7. The molecule has 0 bridgehead atoms. The maximum Gasteiger partial charge on any atom is 0.178 e. The molecule has 0 saturated carbocycles. The van der Waals surface area contributed by atoms with Gasteiger partial charge in [0.25, 0.3) is 0 Å². The van der Waals surface area contributed by atoms with Crippen molar-refractivity contribution in [2.24, 2.45) is 4.99 Å². The number of hydrogen-bond donors (Lipinski definition) is 0. The van der Waals surface area contributed by atoms with Crippen molar-refractivity contribution in [1.29, 1.82) is 0 Å². The number of rotatable bonds is 0. The van der Waals surface area contributed by atoms with Crippen LogP contribution in [-0.4, -0.2) is 6.73 Å². The van der Waals surface area contributed by atoms with E-state index in [0.717, 1.165) is 10.6 Å². The predicted molar refractivity (Wildman–Crippen MR) is 55.1 cm³/mol. The molecule has 2 aromatic rings. The van der Waals surface area contributed by atoms with Crippen molar-refractivity contribution < 1.29 is 4.74 Å². The molecule has 1 aliphatic heterocycles. The summed E-state index contributed by atoms with van der Waals surface area (Å²) >= 11 is 0. The highest BCUT2D eigenvalue weighted by Gasteiger charge is 1.99. The van der Waals surface area contributed by atoms with Crippen LogP contribution in [0.1, 0.15) is 0 Å². The summed E-state index contributed by atoms with van der Waals surface area (Å²) in [4.78, 5) is 4.37. The topological polar surface area (TPSA) is 21.6 Å². The fraction of sp³-hybridized carbons (Fsp3) is 0.0833. The molecule has 68 valence electrons. The van der Waals surface area contributed by atoms with E-state index in [9.17, 15) is 0 Å². The van der Waals surface area contributed by atoms with Gasteiger partial charge in [-0.2, -0.15) is 0 Å². The van der Waals surface area contributed by atoms with Crippen LogP contribution in [0.3, 0.4) is 0 Å². The minimum atomic E-state index is 0.432. The molecule has 1 aliphatic rings. The summed E-state index contributed by atoms with van der Waals surface area (Å²) in [6.07, 6.45) is 1.77. The summed E-state index contributed by atoms with van der Waals surface area (Å²) in [5, 5.41) is 4.54. The fourth-order valence-electron chi connectivity index (χ4n) is 1.77. The highest BCUT2D eigenvalue weighted by atomic mass is 16.5. The first-order valence-corrected chi connectivity index (χ1v) is 4.59. The standard InChI is InChI=1S/C12H9NO/c1-2-4-11-9(3-1)5-6-10-7-14-8-13-12(10)11/h1-7H,8H2. The van der Waals surface area contributed by atoms with Gasteiger partial charge in [-0.05, 0) is 11.5 Å². The highest BCUT2D eigenvalue weighted by Crippen LogP contribution is 2.06. The van der Waals surface area contributed by atoms with Crippen LogP contribution in [0.25, 0.3) is 17.0 Å². The number of fused-ring (bicyclic) bond motifs is 3. The maximum atomic E-state index is 5.15. The minimum Gasteiger partial charge on any atom is -0.478 e. The molecule has 1 heterocycles. The Kier molecular flexibility index (Phi) is 1.53. The van der Waals surface area contributed by atoms with Gasteiger partial charge >= 0.3 is 0 Å². The first-order valence-electron chi connectivity index (χ1n) is 4.59. The molecule has 0 spiro atoms. The lowest BCUT2D eigenvalue weighted by Gasteiger charge is -2.04. The van der Waals surface area contributed by atoms with Crippen molar-refractivity contribution in [3.05, 3.63) is 47.0 Å². The summed E-state index contributed by atoms with van der Waals surface area (Å²) < 4.78 is 5.15. The Morgan fingerprint density at radius 2 is 2.00 bits per heavy atom. The summed E-state index contributed by atoms with van der Waals surface area (Å²) in [6, 6.07) is 12.4. The van der Waals surface area contributed by atoms with E-state index in [1.807, 2.05) is 18.2 Å². The summed E-state index contributed by atoms with van der Waals surface area (Å²) in [5.74, 6) is 0. The molecule has 2 nitrogen and oxygen atoms in total. The van der Waals surface area contributed by atoms with Crippen LogP contribution in [0.4, 0.5) is 0 Å². The largest absolute Gasteiger partial charge is 0.478 e. The van der Waals surface area contributed by atoms with Gasteiger partial charge in [0.05, 0.1) is 11.6 Å². The van der Waals surface area contributed by atoms with Crippen LogP contribution in [-0.2, 0) is 4.74 Å². The Labute approximate surface area is 81.2 Å². The molecule has 2 aromatic carbocycles. The van der Waals surface area contributed by atoms with Crippen molar-refractivity contribution >= 4 is 17.0 Å². The Hall–Kier alpha value is -1.83. The first-order chi connectivity index (χ1) is 6.95. The molecule has 0 saturated heterocycles. The molecule has 0 radical (unpaired) electrons. The Bertz CT molecular complexity index is 601. The predicted octanol–water partition coefficient (Wildman–Crippen LogP) is 1.19. The van der Waals surface area contributed by atoms with Gasteiger partial charge in [-0.25, -0.2) is 4.99 Å². The molecule has 0 aliphatic carbocycles. The molecular formula is C12H9NO. The van der Waals surface area contributed by atoms with Gasteiger partial charge in [-0.15, -0.1) is 0 Å². The van der Waals surface area contributed by atoms with E-state index >= 15 is 0 Å². The third-order valence-corrected chi connectivity index (χ3v) is 2.44. The second-order valence-electron chi connectivity index (χ2n) is 3.30. The van der Waals surface area contributed by atoms with Gasteiger partial charge in [-0.1, -0.05) is 30.3 Å². The first kappa shape index (κ1) is 7.56. The lowest BCUT2D eigenvalue weighted by atomic mass is 10.1. The second-order valence-corrected chi connectivity index (χ2v) is 3.30. The Balaban J connectivity index is 2.60. The van der Waals surface area contributed by atoms with Gasteiger partial charge in [0.1, 0.15) is 0 Å². The molecular weight excluding hydrogens is 174 g/mol. The van der Waals surface area contributed by atoms with Crippen LogP contribution in [0.5, 0.6) is 0 Å². The van der Waals surface area contributed by atoms with E-state index in [-0.39, 0.29) is 0 Å². The summed E-state index contributed by atoms with van der Waals surface area (Å²) in [5.41, 5.74) is 0. The Morgan fingerprint density at radius 3 is 3.00 bits per heavy atom. The Morgan fingerprint density at radius 1 is 1.07 bits per heavy atom. The molecule has 0 aromatic heterocycles. The quantitative estimate of drug-likeness (QED) is 0.601. The molecule has 0 fully saturated rings. The van der Waals surface area contributed by atoms with E-state index in [0.29, 0.717) is 6.73 Å². The average molecular weight is 183 g/mol. The number of ether oxygens (including phenoxy) is 1. The van der Waals surface area contributed by atoms with Crippen molar-refractivity contribution in [2.45, 2.75) is 0 Å². The van der Waals surface area contributed by atoms with Crippen LogP contribution in [0.15, 0.2) is 41.4 Å². The van der Waals surface area contributed by atoms with Crippen molar-refractivity contribution in [1.82, 2.24) is 0 Å². The van der Waals surface area contributed by atoms with E-state index < -0.39 is 0 Å². The van der Waals surface area contributed by atoms with Crippen molar-refractivity contribution in [3.8, 4) is 0 Å². The van der Waals surface area contributed by atoms with Gasteiger partial charge in [0.2, 0.25) is 0 Å². The smallest absolute Gasteiger partial charge is 0.178 e. The SMILES string of the molecule is C1=c2ccc3ccccc3c2=NCO1. The number of nitrogens with zero attached hydrogens (tertiary/aromatic N) is 1. The lowest BCUT2D eigenvalue weighted by Crippen LogP contribution is -2.29. The molecule has 0 atom stereocenters. The van der Waals surface area contributed by atoms with Gasteiger partial charge < -0.3 is 4.74 Å². The average Bonchev–Trinajstić information content (AvgIpc) is 2.29. The number of hydrogen-bond acceptors (Lipinski definition) is 2. The molecule has 0 unspecified atom stereocenters. The molecule has 0 N–H and O–H groups in total. The molecule has 2 heteroatoms. The number of benzene rings is 2. The van der Waals surface area contributed by atoms with Gasteiger partial charge in [-0.3, -0.25) is 0 Å². The molecule has 3 rings (SSSR count). The van der Waals surface area contributed by atoms with E-state index in [4.69, 9.17) is 4.74 Å². The zero-order chi connectivity index (χ0) is 9.38. The maximum absolute atomic E-state index is 5.15. The minimum absolute atomic E-state index is 0.432. The van der Waals surface area contributed by atoms with Crippen LogP contribution in [0.2, 0.25) is 0 Å².